The highest BCUT2D eigenvalue weighted by Crippen LogP contribution is 2.67. The number of hydrogen-bond donors (Lipinski definition) is 1. The van der Waals surface area contributed by atoms with E-state index in [0.29, 0.717) is 41.0 Å². The van der Waals surface area contributed by atoms with Crippen molar-refractivity contribution in [3.05, 3.63) is 0 Å². The minimum atomic E-state index is -0.234. The van der Waals surface area contributed by atoms with Crippen molar-refractivity contribution in [1.29, 1.82) is 0 Å². The molecule has 0 aliphatic heterocycles. The predicted octanol–water partition coefficient (Wildman–Crippen LogP) is 7.81. The van der Waals surface area contributed by atoms with Gasteiger partial charge in [-0.05, 0) is 73.0 Å². The third-order valence-corrected chi connectivity index (χ3v) is 12.0. The van der Waals surface area contributed by atoms with Crippen LogP contribution in [0.15, 0.2) is 0 Å². The van der Waals surface area contributed by atoms with Crippen LogP contribution >= 0.6 is 0 Å². The van der Waals surface area contributed by atoms with Gasteiger partial charge in [0.2, 0.25) is 0 Å². The third kappa shape index (κ3) is 5.19. The standard InChI is InChI=1S/C31H53NO4/c1-28(2)22-15-17-30(28,5)20-24(22)35-26(33)14-12-10-8-7-9-11-13-19-32-27(34)36-25-21-31(6)18-16-23(25)29(31,3)4/h22-25H,7-21H2,1-6H3,(H,32,34). The highest BCUT2D eigenvalue weighted by molar-refractivity contribution is 5.69. The summed E-state index contributed by atoms with van der Waals surface area (Å²) in [5.74, 6) is 1.05. The third-order valence-electron chi connectivity index (χ3n) is 12.0. The lowest BCUT2D eigenvalue weighted by Gasteiger charge is -2.33. The van der Waals surface area contributed by atoms with Gasteiger partial charge in [0.25, 0.3) is 0 Å². The second-order valence-corrected chi connectivity index (χ2v) is 14.4. The fraction of sp³-hybridized carbons (Fsp3) is 0.935. The highest BCUT2D eigenvalue weighted by atomic mass is 16.6. The molecule has 1 N–H and O–H groups in total. The van der Waals surface area contributed by atoms with Crippen molar-refractivity contribution in [3.63, 3.8) is 0 Å². The first-order chi connectivity index (χ1) is 16.9. The minimum absolute atomic E-state index is 0.00742. The van der Waals surface area contributed by atoms with Gasteiger partial charge < -0.3 is 14.8 Å². The summed E-state index contributed by atoms with van der Waals surface area (Å²) in [5.41, 5.74) is 1.21. The van der Waals surface area contributed by atoms with Crippen molar-refractivity contribution in [2.45, 2.75) is 144 Å². The Bertz CT molecular complexity index is 735. The first-order valence-corrected chi connectivity index (χ1v) is 15.0. The van der Waals surface area contributed by atoms with Crippen LogP contribution in [0.2, 0.25) is 0 Å². The van der Waals surface area contributed by atoms with Gasteiger partial charge in [-0.3, -0.25) is 4.79 Å². The zero-order valence-corrected chi connectivity index (χ0v) is 24.0. The maximum Gasteiger partial charge on any atom is 0.407 e. The first-order valence-electron chi connectivity index (χ1n) is 15.0. The number of fused-ring (bicyclic) bond motifs is 4. The van der Waals surface area contributed by atoms with Crippen LogP contribution in [-0.2, 0) is 14.3 Å². The Morgan fingerprint density at radius 1 is 0.694 bits per heavy atom. The van der Waals surface area contributed by atoms with Gasteiger partial charge in [0.05, 0.1) is 0 Å². The monoisotopic (exact) mass is 503 g/mol. The van der Waals surface area contributed by atoms with Crippen LogP contribution in [0.3, 0.4) is 0 Å². The molecule has 4 saturated carbocycles. The largest absolute Gasteiger partial charge is 0.462 e. The fourth-order valence-corrected chi connectivity index (χ4v) is 8.54. The Kier molecular flexibility index (Phi) is 8.08. The van der Waals surface area contributed by atoms with E-state index in [4.69, 9.17) is 9.47 Å². The molecule has 0 aromatic rings. The molecule has 6 unspecified atom stereocenters. The number of amides is 1. The normalized spacial score (nSPS) is 37.3. The van der Waals surface area contributed by atoms with Crippen molar-refractivity contribution >= 4 is 12.1 Å². The van der Waals surface area contributed by atoms with Gasteiger partial charge in [0.1, 0.15) is 12.2 Å². The average molecular weight is 504 g/mol. The molecule has 206 valence electrons. The van der Waals surface area contributed by atoms with Gasteiger partial charge in [-0.25, -0.2) is 4.79 Å². The second-order valence-electron chi connectivity index (χ2n) is 14.4. The van der Waals surface area contributed by atoms with Gasteiger partial charge in [-0.15, -0.1) is 0 Å². The van der Waals surface area contributed by atoms with Crippen molar-refractivity contribution in [2.24, 2.45) is 33.5 Å². The highest BCUT2D eigenvalue weighted by Gasteiger charge is 2.62. The van der Waals surface area contributed by atoms with Gasteiger partial charge >= 0.3 is 12.1 Å². The van der Waals surface area contributed by atoms with E-state index in [0.717, 1.165) is 44.9 Å². The average Bonchev–Trinajstić information content (AvgIpc) is 3.31. The van der Waals surface area contributed by atoms with Crippen molar-refractivity contribution in [3.8, 4) is 0 Å². The Labute approximate surface area is 220 Å². The van der Waals surface area contributed by atoms with Crippen molar-refractivity contribution < 1.29 is 19.1 Å². The number of alkyl carbamates (subject to hydrolysis) is 1. The van der Waals surface area contributed by atoms with E-state index in [1.165, 1.54) is 38.5 Å². The molecule has 0 aromatic carbocycles. The van der Waals surface area contributed by atoms with Crippen LogP contribution in [0, 0.1) is 33.5 Å². The number of esters is 1. The minimum Gasteiger partial charge on any atom is -0.462 e. The molecule has 5 heteroatoms. The Balaban J connectivity index is 0.973. The lowest BCUT2D eigenvalue weighted by molar-refractivity contribution is -0.152. The number of nitrogens with one attached hydrogen (secondary N) is 1. The fourth-order valence-electron chi connectivity index (χ4n) is 8.54. The summed E-state index contributed by atoms with van der Waals surface area (Å²) in [6.07, 6.45) is 15.2. The van der Waals surface area contributed by atoms with Crippen LogP contribution in [0.4, 0.5) is 4.79 Å². The molecular weight excluding hydrogens is 450 g/mol. The molecule has 0 heterocycles. The molecular formula is C31H53NO4. The molecule has 0 radical (unpaired) electrons. The molecule has 5 nitrogen and oxygen atoms in total. The van der Waals surface area contributed by atoms with Gasteiger partial charge in [0.15, 0.2) is 0 Å². The van der Waals surface area contributed by atoms with Crippen LogP contribution in [0.1, 0.15) is 131 Å². The molecule has 1 amide bonds. The summed E-state index contributed by atoms with van der Waals surface area (Å²) < 4.78 is 11.7. The number of rotatable bonds is 12. The zero-order valence-electron chi connectivity index (χ0n) is 24.0. The van der Waals surface area contributed by atoms with Crippen LogP contribution in [-0.4, -0.2) is 30.8 Å². The summed E-state index contributed by atoms with van der Waals surface area (Å²) >= 11 is 0. The van der Waals surface area contributed by atoms with Crippen molar-refractivity contribution in [1.82, 2.24) is 5.32 Å². The Morgan fingerprint density at radius 3 is 1.64 bits per heavy atom. The maximum absolute atomic E-state index is 12.4. The van der Waals surface area contributed by atoms with E-state index in [1.807, 2.05) is 0 Å². The molecule has 0 aromatic heterocycles. The Hall–Kier alpha value is -1.26. The van der Waals surface area contributed by atoms with Crippen molar-refractivity contribution in [2.75, 3.05) is 6.54 Å². The quantitative estimate of drug-likeness (QED) is 0.218. The molecule has 0 spiro atoms. The molecule has 4 bridgehead atoms. The van der Waals surface area contributed by atoms with E-state index in [9.17, 15) is 9.59 Å². The van der Waals surface area contributed by atoms with Crippen LogP contribution in [0.5, 0.6) is 0 Å². The zero-order chi connectivity index (χ0) is 26.2. The number of carbonyl (C=O) groups excluding carboxylic acids is 2. The van der Waals surface area contributed by atoms with E-state index in [1.54, 1.807) is 0 Å². The lowest BCUT2D eigenvalue weighted by atomic mass is 9.71. The molecule has 6 atom stereocenters. The summed E-state index contributed by atoms with van der Waals surface area (Å²) in [4.78, 5) is 24.7. The summed E-state index contributed by atoms with van der Waals surface area (Å²) in [5, 5.41) is 2.97. The van der Waals surface area contributed by atoms with E-state index < -0.39 is 0 Å². The summed E-state index contributed by atoms with van der Waals surface area (Å²) in [6, 6.07) is 0. The topological polar surface area (TPSA) is 64.6 Å². The second kappa shape index (κ2) is 10.5. The first kappa shape index (κ1) is 27.8. The van der Waals surface area contributed by atoms with Gasteiger partial charge in [-0.2, -0.15) is 0 Å². The Morgan fingerprint density at radius 2 is 1.17 bits per heavy atom. The van der Waals surface area contributed by atoms with E-state index in [2.05, 4.69) is 46.9 Å². The number of unbranched alkanes of at least 4 members (excludes halogenated alkanes) is 6. The number of ether oxygens (including phenoxy) is 2. The molecule has 4 aliphatic carbocycles. The van der Waals surface area contributed by atoms with E-state index >= 15 is 0 Å². The van der Waals surface area contributed by atoms with Crippen LogP contribution in [0.25, 0.3) is 0 Å². The number of hydrogen-bond acceptors (Lipinski definition) is 4. The van der Waals surface area contributed by atoms with E-state index in [-0.39, 0.29) is 29.7 Å². The molecule has 4 fully saturated rings. The molecule has 0 saturated heterocycles. The van der Waals surface area contributed by atoms with Gasteiger partial charge in [-0.1, -0.05) is 73.6 Å². The molecule has 4 rings (SSSR count). The summed E-state index contributed by atoms with van der Waals surface area (Å²) in [7, 11) is 0. The van der Waals surface area contributed by atoms with Gasteiger partial charge in [0, 0.05) is 24.8 Å². The molecule has 4 aliphatic rings. The maximum atomic E-state index is 12.4. The molecule has 36 heavy (non-hydrogen) atoms. The number of carbonyl (C=O) groups is 2. The smallest absolute Gasteiger partial charge is 0.407 e. The SMILES string of the molecule is CC12CCC(C(OC(=O)CCCCCCCCCNC(=O)OC3CC4(C)CCC3C4(C)C)C1)C2(C)C. The summed E-state index contributed by atoms with van der Waals surface area (Å²) in [6.45, 7) is 14.8. The predicted molar refractivity (Wildman–Crippen MR) is 144 cm³/mol. The van der Waals surface area contributed by atoms with Crippen LogP contribution < -0.4 is 5.32 Å². The lowest BCUT2D eigenvalue weighted by Crippen LogP contribution is -2.33.